The fourth-order valence-electron chi connectivity index (χ4n) is 3.23. The minimum atomic E-state index is -0.552. The summed E-state index contributed by atoms with van der Waals surface area (Å²) in [6.07, 6.45) is 0. The second-order valence-corrected chi connectivity index (χ2v) is 7.49. The third kappa shape index (κ3) is 4.26. The third-order valence-corrected chi connectivity index (χ3v) is 5.65. The van der Waals surface area contributed by atoms with Crippen molar-refractivity contribution in [3.63, 3.8) is 0 Å². The van der Waals surface area contributed by atoms with E-state index in [0.717, 1.165) is 16.0 Å². The van der Waals surface area contributed by atoms with E-state index in [9.17, 15) is 4.79 Å². The van der Waals surface area contributed by atoms with Crippen molar-refractivity contribution in [2.24, 2.45) is 0 Å². The number of carbonyl (C=O) groups is 1. The molecule has 0 bridgehead atoms. The van der Waals surface area contributed by atoms with Gasteiger partial charge in [-0.3, -0.25) is 0 Å². The van der Waals surface area contributed by atoms with E-state index in [1.54, 1.807) is 27.4 Å². The lowest BCUT2D eigenvalue weighted by molar-refractivity contribution is 0.0428. The van der Waals surface area contributed by atoms with Gasteiger partial charge in [0.15, 0.2) is 11.5 Å². The van der Waals surface area contributed by atoms with E-state index < -0.39 is 5.97 Å². The molecule has 0 radical (unpaired) electrons. The van der Waals surface area contributed by atoms with E-state index in [1.165, 1.54) is 11.3 Å². The summed E-state index contributed by atoms with van der Waals surface area (Å²) < 4.78 is 27.1. The molecule has 2 heterocycles. The fourth-order valence-corrected chi connectivity index (χ4v) is 4.03. The Bertz CT molecular complexity index is 1210. The van der Waals surface area contributed by atoms with Gasteiger partial charge in [0.2, 0.25) is 5.76 Å². The van der Waals surface area contributed by atoms with Crippen LogP contribution in [0.15, 0.2) is 52.3 Å². The Morgan fingerprint density at radius 3 is 2.61 bits per heavy atom. The molecule has 0 saturated heterocycles. The molecule has 8 heteroatoms. The van der Waals surface area contributed by atoms with Gasteiger partial charge in [-0.2, -0.15) is 0 Å². The number of carbonyl (C=O) groups excluding carboxylic acids is 1. The van der Waals surface area contributed by atoms with E-state index in [4.69, 9.17) is 23.4 Å². The van der Waals surface area contributed by atoms with Gasteiger partial charge in [0, 0.05) is 29.0 Å². The Balaban J connectivity index is 1.50. The van der Waals surface area contributed by atoms with Crippen LogP contribution in [0.3, 0.4) is 0 Å². The van der Waals surface area contributed by atoms with Crippen LogP contribution in [0.5, 0.6) is 11.5 Å². The number of hydrogen-bond acceptors (Lipinski definition) is 8. The second kappa shape index (κ2) is 9.20. The van der Waals surface area contributed by atoms with E-state index in [2.05, 4.69) is 4.98 Å². The molecule has 0 fully saturated rings. The van der Waals surface area contributed by atoms with Crippen LogP contribution in [0.1, 0.15) is 21.8 Å². The predicted molar refractivity (Wildman–Crippen MR) is 117 cm³/mol. The molecule has 7 nitrogen and oxygen atoms in total. The van der Waals surface area contributed by atoms with Gasteiger partial charge in [0.25, 0.3) is 0 Å². The van der Waals surface area contributed by atoms with Crippen molar-refractivity contribution in [1.82, 2.24) is 4.98 Å². The fraction of sp³-hybridized carbons (Fsp3) is 0.217. The Kier molecular flexibility index (Phi) is 6.20. The number of methoxy groups -OCH3 is 3. The van der Waals surface area contributed by atoms with Gasteiger partial charge < -0.3 is 23.4 Å². The van der Waals surface area contributed by atoms with E-state index >= 15 is 0 Å². The van der Waals surface area contributed by atoms with Gasteiger partial charge in [0.1, 0.15) is 17.2 Å². The quantitative estimate of drug-likeness (QED) is 0.354. The number of aromatic nitrogens is 1. The number of furan rings is 1. The summed E-state index contributed by atoms with van der Waals surface area (Å²) >= 11 is 1.46. The molecule has 0 aliphatic heterocycles. The lowest BCUT2D eigenvalue weighted by Crippen LogP contribution is -2.07. The number of hydrogen-bond donors (Lipinski definition) is 0. The van der Waals surface area contributed by atoms with Crippen LogP contribution in [-0.2, 0) is 22.7 Å². The smallest absolute Gasteiger partial charge is 0.375 e. The highest BCUT2D eigenvalue weighted by Crippen LogP contribution is 2.34. The van der Waals surface area contributed by atoms with E-state index in [-0.39, 0.29) is 19.0 Å². The standard InChI is InChI=1S/C23H21NO6S/c1-26-12-17-16-6-4-5-7-18(16)30-21(17)23(25)29-11-15-13-31-22(24-15)14-8-9-19(27-2)20(10-14)28-3/h4-10,13H,11-12H2,1-3H3. The van der Waals surface area contributed by atoms with Crippen LogP contribution in [0, 0.1) is 0 Å². The molecule has 2 aromatic heterocycles. The van der Waals surface area contributed by atoms with Crippen LogP contribution >= 0.6 is 11.3 Å². The third-order valence-electron chi connectivity index (χ3n) is 4.71. The molecule has 0 unspecified atom stereocenters. The molecule has 0 saturated carbocycles. The lowest BCUT2D eigenvalue weighted by Gasteiger charge is -2.08. The van der Waals surface area contributed by atoms with E-state index in [1.807, 2.05) is 41.8 Å². The first kappa shape index (κ1) is 20.9. The van der Waals surface area contributed by atoms with Crippen LogP contribution in [0.25, 0.3) is 21.5 Å². The number of benzene rings is 2. The lowest BCUT2D eigenvalue weighted by atomic mass is 10.1. The Hall–Kier alpha value is -3.36. The first-order valence-electron chi connectivity index (χ1n) is 9.48. The van der Waals surface area contributed by atoms with Gasteiger partial charge in [-0.25, -0.2) is 9.78 Å². The summed E-state index contributed by atoms with van der Waals surface area (Å²) in [5, 5.41) is 3.48. The van der Waals surface area contributed by atoms with Crippen LogP contribution in [0.2, 0.25) is 0 Å². The minimum absolute atomic E-state index is 0.0338. The highest BCUT2D eigenvalue weighted by Gasteiger charge is 2.22. The minimum Gasteiger partial charge on any atom is -0.493 e. The van der Waals surface area contributed by atoms with Crippen molar-refractivity contribution in [3.8, 4) is 22.1 Å². The zero-order chi connectivity index (χ0) is 21.8. The number of rotatable bonds is 8. The maximum atomic E-state index is 12.7. The molecule has 0 aliphatic carbocycles. The number of nitrogens with zero attached hydrogens (tertiary/aromatic N) is 1. The average Bonchev–Trinajstić information content (AvgIpc) is 3.42. The number of ether oxygens (including phenoxy) is 4. The second-order valence-electron chi connectivity index (χ2n) is 6.63. The molecule has 4 aromatic rings. The molecular formula is C23H21NO6S. The zero-order valence-electron chi connectivity index (χ0n) is 17.3. The zero-order valence-corrected chi connectivity index (χ0v) is 18.2. The summed E-state index contributed by atoms with van der Waals surface area (Å²) in [5.41, 5.74) is 2.82. The molecule has 31 heavy (non-hydrogen) atoms. The first-order chi connectivity index (χ1) is 15.1. The number of esters is 1. The van der Waals surface area contributed by atoms with Gasteiger partial charge in [-0.1, -0.05) is 18.2 Å². The van der Waals surface area contributed by atoms with Gasteiger partial charge in [-0.05, 0) is 24.3 Å². The molecule has 0 aliphatic rings. The maximum Gasteiger partial charge on any atom is 0.375 e. The predicted octanol–water partition coefficient (Wildman–Crippen LogP) is 5.08. The van der Waals surface area contributed by atoms with Crippen molar-refractivity contribution >= 4 is 28.3 Å². The van der Waals surface area contributed by atoms with Gasteiger partial charge >= 0.3 is 5.97 Å². The molecule has 4 rings (SSSR count). The molecule has 160 valence electrons. The SMILES string of the molecule is COCc1c(C(=O)OCc2csc(-c3ccc(OC)c(OC)c3)n2)oc2ccccc12. The monoisotopic (exact) mass is 439 g/mol. The highest BCUT2D eigenvalue weighted by molar-refractivity contribution is 7.13. The van der Waals surface area contributed by atoms with Crippen molar-refractivity contribution in [2.75, 3.05) is 21.3 Å². The van der Waals surface area contributed by atoms with Crippen LogP contribution < -0.4 is 9.47 Å². The van der Waals surface area contributed by atoms with Crippen molar-refractivity contribution in [1.29, 1.82) is 0 Å². The van der Waals surface area contributed by atoms with Crippen LogP contribution in [-0.4, -0.2) is 32.3 Å². The molecule has 2 aromatic carbocycles. The Morgan fingerprint density at radius 1 is 1.03 bits per heavy atom. The maximum absolute atomic E-state index is 12.7. The molecule has 0 atom stereocenters. The largest absolute Gasteiger partial charge is 0.493 e. The number of fused-ring (bicyclic) bond motifs is 1. The first-order valence-corrected chi connectivity index (χ1v) is 10.4. The Morgan fingerprint density at radius 2 is 1.84 bits per heavy atom. The van der Waals surface area contributed by atoms with Crippen molar-refractivity contribution < 1.29 is 28.2 Å². The average molecular weight is 439 g/mol. The van der Waals surface area contributed by atoms with Crippen molar-refractivity contribution in [2.45, 2.75) is 13.2 Å². The molecule has 0 amide bonds. The van der Waals surface area contributed by atoms with Gasteiger partial charge in [-0.15, -0.1) is 11.3 Å². The number of thiazole rings is 1. The summed E-state index contributed by atoms with van der Waals surface area (Å²) in [5.74, 6) is 0.871. The molecule has 0 spiro atoms. The van der Waals surface area contributed by atoms with E-state index in [0.29, 0.717) is 28.3 Å². The van der Waals surface area contributed by atoms with Crippen LogP contribution in [0.4, 0.5) is 0 Å². The Labute approximate surface area is 183 Å². The summed E-state index contributed by atoms with van der Waals surface area (Å²) in [4.78, 5) is 17.3. The molecular weight excluding hydrogens is 418 g/mol. The summed E-state index contributed by atoms with van der Waals surface area (Å²) in [6, 6.07) is 13.0. The highest BCUT2D eigenvalue weighted by atomic mass is 32.1. The topological polar surface area (TPSA) is 80.0 Å². The molecule has 0 N–H and O–H groups in total. The van der Waals surface area contributed by atoms with Crippen molar-refractivity contribution in [3.05, 3.63) is 64.9 Å². The summed E-state index contributed by atoms with van der Waals surface area (Å²) in [6.45, 7) is 0.285. The number of para-hydroxylation sites is 1. The van der Waals surface area contributed by atoms with Gasteiger partial charge in [0.05, 0.1) is 26.5 Å². The summed E-state index contributed by atoms with van der Waals surface area (Å²) in [7, 11) is 4.75. The normalized spacial score (nSPS) is 10.9.